The average Bonchev–Trinajstić information content (AvgIpc) is 3.34. The van der Waals surface area contributed by atoms with E-state index in [9.17, 15) is 4.79 Å². The molecule has 1 N–H and O–H groups in total. The van der Waals surface area contributed by atoms with E-state index in [0.29, 0.717) is 35.6 Å². The second kappa shape index (κ2) is 7.42. The van der Waals surface area contributed by atoms with Gasteiger partial charge in [-0.3, -0.25) is 4.79 Å². The maximum absolute atomic E-state index is 12.9. The van der Waals surface area contributed by atoms with Crippen molar-refractivity contribution in [3.05, 3.63) is 59.5 Å². The number of carbonyl (C=O) groups is 1. The van der Waals surface area contributed by atoms with Crippen molar-refractivity contribution in [2.24, 2.45) is 0 Å². The van der Waals surface area contributed by atoms with E-state index in [4.69, 9.17) is 9.47 Å². The van der Waals surface area contributed by atoms with Gasteiger partial charge >= 0.3 is 0 Å². The van der Waals surface area contributed by atoms with Crippen LogP contribution in [0, 0.1) is 6.92 Å². The molecule has 4 rings (SSSR count). The molecule has 3 aromatic rings. The zero-order valence-electron chi connectivity index (χ0n) is 16.3. The normalized spacial score (nSPS) is 13.4. The molecule has 28 heavy (non-hydrogen) atoms. The van der Waals surface area contributed by atoms with E-state index >= 15 is 0 Å². The maximum atomic E-state index is 12.9. The summed E-state index contributed by atoms with van der Waals surface area (Å²) in [6.45, 7) is 2.45. The molecule has 2 aromatic heterocycles. The fraction of sp³-hybridized carbons (Fsp3) is 0.333. The fourth-order valence-electron chi connectivity index (χ4n) is 3.34. The van der Waals surface area contributed by atoms with Crippen LogP contribution in [0.25, 0.3) is 0 Å². The first-order valence-electron chi connectivity index (χ1n) is 9.32. The van der Waals surface area contributed by atoms with Crippen LogP contribution in [-0.4, -0.2) is 34.5 Å². The predicted molar refractivity (Wildman–Crippen MR) is 106 cm³/mol. The molecule has 146 valence electrons. The molecule has 1 fully saturated rings. The molecule has 0 bridgehead atoms. The lowest BCUT2D eigenvalue weighted by atomic mass is 10.2. The summed E-state index contributed by atoms with van der Waals surface area (Å²) in [5.74, 6) is 1.92. The Hall–Kier alpha value is -3.22. The second-order valence-corrected chi connectivity index (χ2v) is 7.01. The molecule has 1 aromatic carbocycles. The highest BCUT2D eigenvalue weighted by molar-refractivity contribution is 6.03. The Balaban J connectivity index is 1.56. The molecule has 7 heteroatoms. The molecule has 1 aliphatic carbocycles. The average molecular weight is 380 g/mol. The number of hydrogen-bond donors (Lipinski definition) is 1. The van der Waals surface area contributed by atoms with E-state index < -0.39 is 0 Å². The SMILES string of the molecule is COc1ccc(Cn2ncc(C)c2NC(=O)c2cccn2C2CC2)cc1OC. The van der Waals surface area contributed by atoms with Crippen molar-refractivity contribution in [2.75, 3.05) is 19.5 Å². The summed E-state index contributed by atoms with van der Waals surface area (Å²) >= 11 is 0. The lowest BCUT2D eigenvalue weighted by Crippen LogP contribution is -2.19. The van der Waals surface area contributed by atoms with E-state index in [-0.39, 0.29) is 5.91 Å². The number of benzene rings is 1. The molecule has 1 amide bonds. The standard InChI is InChI=1S/C21H24N4O3/c1-14-12-22-25(13-15-6-9-18(27-2)19(11-15)28-3)20(14)23-21(26)17-5-4-10-24(17)16-7-8-16/h4-6,9-12,16H,7-8,13H2,1-3H3,(H,23,26). The van der Waals surface area contributed by atoms with Gasteiger partial charge in [0, 0.05) is 17.8 Å². The number of anilines is 1. The van der Waals surface area contributed by atoms with Crippen LogP contribution in [-0.2, 0) is 6.54 Å². The molecular weight excluding hydrogens is 356 g/mol. The molecule has 0 aliphatic heterocycles. The second-order valence-electron chi connectivity index (χ2n) is 7.01. The Labute approximate surface area is 163 Å². The number of amides is 1. The number of aryl methyl sites for hydroxylation is 1. The number of carbonyl (C=O) groups excluding carboxylic acids is 1. The van der Waals surface area contributed by atoms with Gasteiger partial charge in [-0.1, -0.05) is 6.07 Å². The molecule has 1 aliphatic rings. The number of nitrogens with one attached hydrogen (secondary N) is 1. The number of hydrogen-bond acceptors (Lipinski definition) is 4. The van der Waals surface area contributed by atoms with E-state index in [0.717, 1.165) is 24.0 Å². The molecular formula is C21H24N4O3. The minimum atomic E-state index is -0.117. The lowest BCUT2D eigenvalue weighted by molar-refractivity contribution is 0.101. The molecule has 0 saturated heterocycles. The van der Waals surface area contributed by atoms with Gasteiger partial charge in [-0.15, -0.1) is 0 Å². The van der Waals surface area contributed by atoms with Crippen molar-refractivity contribution in [3.63, 3.8) is 0 Å². The third-order valence-corrected chi connectivity index (χ3v) is 4.99. The van der Waals surface area contributed by atoms with E-state index in [1.807, 2.05) is 43.5 Å². The largest absolute Gasteiger partial charge is 0.493 e. The number of ether oxygens (including phenoxy) is 2. The van der Waals surface area contributed by atoms with Crippen LogP contribution >= 0.6 is 0 Å². The number of nitrogens with zero attached hydrogens (tertiary/aromatic N) is 3. The Bertz CT molecular complexity index is 1000. The molecule has 0 atom stereocenters. The van der Waals surface area contributed by atoms with Gasteiger partial charge in [0.25, 0.3) is 5.91 Å². The van der Waals surface area contributed by atoms with Gasteiger partial charge in [0.05, 0.1) is 27.0 Å². The van der Waals surface area contributed by atoms with Crippen LogP contribution in [0.3, 0.4) is 0 Å². The highest BCUT2D eigenvalue weighted by Crippen LogP contribution is 2.36. The van der Waals surface area contributed by atoms with Gasteiger partial charge in [0.15, 0.2) is 11.5 Å². The summed E-state index contributed by atoms with van der Waals surface area (Å²) in [6, 6.07) is 9.97. The molecule has 1 saturated carbocycles. The van der Waals surface area contributed by atoms with Crippen molar-refractivity contribution >= 4 is 11.7 Å². The van der Waals surface area contributed by atoms with Gasteiger partial charge in [-0.05, 0) is 49.6 Å². The van der Waals surface area contributed by atoms with Gasteiger partial charge in [0.2, 0.25) is 0 Å². The van der Waals surface area contributed by atoms with E-state index in [2.05, 4.69) is 15.0 Å². The lowest BCUT2D eigenvalue weighted by Gasteiger charge is -2.13. The summed E-state index contributed by atoms with van der Waals surface area (Å²) in [4.78, 5) is 12.9. The molecule has 7 nitrogen and oxygen atoms in total. The van der Waals surface area contributed by atoms with E-state index in [1.165, 1.54) is 0 Å². The smallest absolute Gasteiger partial charge is 0.273 e. The highest BCUT2D eigenvalue weighted by atomic mass is 16.5. The van der Waals surface area contributed by atoms with Crippen LogP contribution in [0.15, 0.2) is 42.7 Å². The van der Waals surface area contributed by atoms with Crippen molar-refractivity contribution in [2.45, 2.75) is 32.4 Å². The Morgan fingerprint density at radius 2 is 2.00 bits per heavy atom. The summed E-state index contributed by atoms with van der Waals surface area (Å²) in [5.41, 5.74) is 2.59. The van der Waals surface area contributed by atoms with Gasteiger partial charge in [-0.25, -0.2) is 4.68 Å². The predicted octanol–water partition coefficient (Wildman–Crippen LogP) is 3.65. The van der Waals surface area contributed by atoms with Crippen LogP contribution in [0.4, 0.5) is 5.82 Å². The monoisotopic (exact) mass is 380 g/mol. The molecule has 0 spiro atoms. The number of rotatable bonds is 7. The third-order valence-electron chi connectivity index (χ3n) is 4.99. The first kappa shape index (κ1) is 18.2. The van der Waals surface area contributed by atoms with Gasteiger partial charge in [-0.2, -0.15) is 5.10 Å². The third kappa shape index (κ3) is 3.47. The zero-order chi connectivity index (χ0) is 19.7. The van der Waals surface area contributed by atoms with Crippen molar-refractivity contribution in [1.29, 1.82) is 0 Å². The van der Waals surface area contributed by atoms with Crippen molar-refractivity contribution in [3.8, 4) is 11.5 Å². The Morgan fingerprint density at radius 1 is 1.21 bits per heavy atom. The quantitative estimate of drug-likeness (QED) is 0.679. The van der Waals surface area contributed by atoms with Crippen LogP contribution in [0.1, 0.15) is 40.5 Å². The van der Waals surface area contributed by atoms with E-state index in [1.54, 1.807) is 25.1 Å². The molecule has 2 heterocycles. The summed E-state index contributed by atoms with van der Waals surface area (Å²) < 4.78 is 14.5. The highest BCUT2D eigenvalue weighted by Gasteiger charge is 2.27. The van der Waals surface area contributed by atoms with Crippen LogP contribution in [0.2, 0.25) is 0 Å². The van der Waals surface area contributed by atoms with Crippen molar-refractivity contribution in [1.82, 2.24) is 14.3 Å². The Kier molecular flexibility index (Phi) is 4.81. The van der Waals surface area contributed by atoms with Crippen LogP contribution < -0.4 is 14.8 Å². The maximum Gasteiger partial charge on any atom is 0.273 e. The fourth-order valence-corrected chi connectivity index (χ4v) is 3.34. The van der Waals surface area contributed by atoms with Crippen LogP contribution in [0.5, 0.6) is 11.5 Å². The topological polar surface area (TPSA) is 70.3 Å². The number of methoxy groups -OCH3 is 2. The molecule has 0 unspecified atom stereocenters. The first-order chi connectivity index (χ1) is 13.6. The summed E-state index contributed by atoms with van der Waals surface area (Å²) in [5, 5.41) is 7.48. The summed E-state index contributed by atoms with van der Waals surface area (Å²) in [6.07, 6.45) is 5.99. The van der Waals surface area contributed by atoms with Gasteiger partial charge in [0.1, 0.15) is 11.5 Å². The summed E-state index contributed by atoms with van der Waals surface area (Å²) in [7, 11) is 3.22. The minimum absolute atomic E-state index is 0.117. The van der Waals surface area contributed by atoms with Crippen molar-refractivity contribution < 1.29 is 14.3 Å². The first-order valence-corrected chi connectivity index (χ1v) is 9.32. The molecule has 0 radical (unpaired) electrons. The van der Waals surface area contributed by atoms with Gasteiger partial charge < -0.3 is 19.4 Å². The number of aromatic nitrogens is 3. The Morgan fingerprint density at radius 3 is 2.71 bits per heavy atom. The zero-order valence-corrected chi connectivity index (χ0v) is 16.3. The minimum Gasteiger partial charge on any atom is -0.493 e.